The van der Waals surface area contributed by atoms with Crippen molar-refractivity contribution in [3.05, 3.63) is 58.7 Å². The minimum atomic E-state index is -0.393. The van der Waals surface area contributed by atoms with Crippen molar-refractivity contribution in [3.8, 4) is 11.6 Å². The first-order valence-corrected chi connectivity index (χ1v) is 9.80. The topological polar surface area (TPSA) is 76.1 Å². The number of para-hydroxylation sites is 1. The Kier molecular flexibility index (Phi) is 5.65. The molecule has 0 radical (unpaired) electrons. The van der Waals surface area contributed by atoms with Gasteiger partial charge < -0.3 is 10.1 Å². The van der Waals surface area contributed by atoms with Crippen LogP contribution < -0.4 is 15.4 Å². The van der Waals surface area contributed by atoms with E-state index >= 15 is 0 Å². The number of hydrogen-bond acceptors (Lipinski definition) is 5. The Labute approximate surface area is 169 Å². The summed E-state index contributed by atoms with van der Waals surface area (Å²) in [7, 11) is 0. The number of aromatic nitrogens is 2. The second-order valence-electron chi connectivity index (χ2n) is 7.44. The number of rotatable bonds is 4. The van der Waals surface area contributed by atoms with Gasteiger partial charge in [-0.1, -0.05) is 39.0 Å². The molecule has 0 saturated heterocycles. The SMILES string of the molecule is Cc1nc(NC(=O)Nc2cccnc2Oc2ccccc2C(C)(C)C)sc1C. The molecule has 3 aromatic rings. The molecule has 146 valence electrons. The molecule has 7 heteroatoms. The van der Waals surface area contributed by atoms with Crippen LogP contribution in [0.2, 0.25) is 0 Å². The van der Waals surface area contributed by atoms with Gasteiger partial charge in [-0.3, -0.25) is 5.32 Å². The summed E-state index contributed by atoms with van der Waals surface area (Å²) in [5, 5.41) is 6.10. The fourth-order valence-corrected chi connectivity index (χ4v) is 3.43. The van der Waals surface area contributed by atoms with Crippen molar-refractivity contribution >= 4 is 28.2 Å². The molecule has 0 aliphatic heterocycles. The second kappa shape index (κ2) is 7.98. The van der Waals surface area contributed by atoms with E-state index in [0.717, 1.165) is 16.1 Å². The third-order valence-corrected chi connectivity index (χ3v) is 5.16. The number of hydrogen-bond donors (Lipinski definition) is 2. The van der Waals surface area contributed by atoms with Gasteiger partial charge in [-0.15, -0.1) is 11.3 Å². The minimum absolute atomic E-state index is 0.0864. The largest absolute Gasteiger partial charge is 0.437 e. The molecule has 2 heterocycles. The molecule has 2 N–H and O–H groups in total. The maximum Gasteiger partial charge on any atom is 0.325 e. The van der Waals surface area contributed by atoms with Crippen LogP contribution in [0.25, 0.3) is 0 Å². The molecule has 6 nitrogen and oxygen atoms in total. The molecule has 0 saturated carbocycles. The molecular weight excluding hydrogens is 372 g/mol. The van der Waals surface area contributed by atoms with Crippen LogP contribution in [0.3, 0.4) is 0 Å². The van der Waals surface area contributed by atoms with E-state index in [9.17, 15) is 4.79 Å². The van der Waals surface area contributed by atoms with Gasteiger partial charge in [-0.25, -0.2) is 14.8 Å². The zero-order valence-corrected chi connectivity index (χ0v) is 17.5. The number of nitrogens with one attached hydrogen (secondary N) is 2. The van der Waals surface area contributed by atoms with E-state index in [1.54, 1.807) is 18.3 Å². The van der Waals surface area contributed by atoms with E-state index < -0.39 is 6.03 Å². The van der Waals surface area contributed by atoms with Crippen LogP contribution in [0.1, 0.15) is 36.9 Å². The van der Waals surface area contributed by atoms with Gasteiger partial charge in [0.25, 0.3) is 0 Å². The number of thiazole rings is 1. The van der Waals surface area contributed by atoms with Crippen LogP contribution >= 0.6 is 11.3 Å². The lowest BCUT2D eigenvalue weighted by atomic mass is 9.86. The van der Waals surface area contributed by atoms with Gasteiger partial charge in [0.1, 0.15) is 11.4 Å². The lowest BCUT2D eigenvalue weighted by Crippen LogP contribution is -2.20. The number of aryl methyl sites for hydroxylation is 2. The third-order valence-electron chi connectivity index (χ3n) is 4.17. The van der Waals surface area contributed by atoms with Crippen molar-refractivity contribution in [1.29, 1.82) is 0 Å². The Balaban J connectivity index is 1.80. The molecule has 0 spiro atoms. The van der Waals surface area contributed by atoms with Crippen LogP contribution in [0, 0.1) is 13.8 Å². The molecule has 0 unspecified atom stereocenters. The molecule has 0 atom stereocenters. The monoisotopic (exact) mass is 396 g/mol. The first-order valence-electron chi connectivity index (χ1n) is 8.98. The number of anilines is 2. The molecule has 28 heavy (non-hydrogen) atoms. The summed E-state index contributed by atoms with van der Waals surface area (Å²) in [6, 6.07) is 10.9. The summed E-state index contributed by atoms with van der Waals surface area (Å²) < 4.78 is 6.07. The first-order chi connectivity index (χ1) is 13.2. The molecule has 0 fully saturated rings. The summed E-state index contributed by atoms with van der Waals surface area (Å²) >= 11 is 1.43. The Bertz CT molecular complexity index is 973. The summed E-state index contributed by atoms with van der Waals surface area (Å²) in [5.74, 6) is 1.05. The quantitative estimate of drug-likeness (QED) is 0.576. The molecule has 0 aliphatic carbocycles. The Morgan fingerprint density at radius 2 is 1.82 bits per heavy atom. The van der Waals surface area contributed by atoms with Gasteiger partial charge in [0.05, 0.1) is 5.69 Å². The van der Waals surface area contributed by atoms with Gasteiger partial charge in [-0.05, 0) is 37.5 Å². The summed E-state index contributed by atoms with van der Waals surface area (Å²) in [4.78, 5) is 22.1. The van der Waals surface area contributed by atoms with Gasteiger partial charge >= 0.3 is 6.03 Å². The second-order valence-corrected chi connectivity index (χ2v) is 8.65. The van der Waals surface area contributed by atoms with E-state index in [4.69, 9.17) is 4.74 Å². The van der Waals surface area contributed by atoms with Gasteiger partial charge in [0.2, 0.25) is 5.88 Å². The smallest absolute Gasteiger partial charge is 0.325 e. The highest BCUT2D eigenvalue weighted by Crippen LogP contribution is 2.35. The van der Waals surface area contributed by atoms with E-state index in [1.165, 1.54) is 11.3 Å². The van der Waals surface area contributed by atoms with Crippen molar-refractivity contribution in [2.24, 2.45) is 0 Å². The Morgan fingerprint density at radius 3 is 2.50 bits per heavy atom. The van der Waals surface area contributed by atoms with Crippen LogP contribution in [-0.4, -0.2) is 16.0 Å². The molecule has 2 aromatic heterocycles. The molecule has 0 bridgehead atoms. The highest BCUT2D eigenvalue weighted by atomic mass is 32.1. The average molecular weight is 397 g/mol. The molecular formula is C21H24N4O2S. The lowest BCUT2D eigenvalue weighted by molar-refractivity contribution is 0.262. The van der Waals surface area contributed by atoms with E-state index in [1.807, 2.05) is 38.1 Å². The van der Waals surface area contributed by atoms with Crippen molar-refractivity contribution in [2.75, 3.05) is 10.6 Å². The molecule has 2 amide bonds. The Hall–Kier alpha value is -2.93. The number of carbonyl (C=O) groups excluding carboxylic acids is 1. The third kappa shape index (κ3) is 4.67. The fraction of sp³-hybridized carbons (Fsp3) is 0.286. The molecule has 0 aliphatic rings. The maximum atomic E-state index is 12.4. The molecule has 3 rings (SSSR count). The van der Waals surface area contributed by atoms with Gasteiger partial charge in [0.15, 0.2) is 5.13 Å². The number of pyridine rings is 1. The standard InChI is InChI=1S/C21H24N4O2S/c1-13-14(2)28-20(23-13)25-19(26)24-16-10-8-12-22-18(16)27-17-11-7-6-9-15(17)21(3,4)5/h6-12H,1-5H3,(H2,23,24,25,26). The Morgan fingerprint density at radius 1 is 1.07 bits per heavy atom. The number of ether oxygens (including phenoxy) is 1. The summed E-state index contributed by atoms with van der Waals surface area (Å²) in [6.07, 6.45) is 1.63. The van der Waals surface area contributed by atoms with Gasteiger partial charge in [0, 0.05) is 16.6 Å². The minimum Gasteiger partial charge on any atom is -0.437 e. The number of urea groups is 1. The van der Waals surface area contributed by atoms with Crippen molar-refractivity contribution in [3.63, 3.8) is 0 Å². The number of benzene rings is 1. The van der Waals surface area contributed by atoms with Crippen molar-refractivity contribution < 1.29 is 9.53 Å². The van der Waals surface area contributed by atoms with E-state index in [-0.39, 0.29) is 5.41 Å². The zero-order valence-electron chi connectivity index (χ0n) is 16.7. The predicted molar refractivity (Wildman–Crippen MR) is 114 cm³/mol. The van der Waals surface area contributed by atoms with Gasteiger partial charge in [-0.2, -0.15) is 0 Å². The van der Waals surface area contributed by atoms with Crippen LogP contribution in [-0.2, 0) is 5.41 Å². The highest BCUT2D eigenvalue weighted by molar-refractivity contribution is 7.15. The summed E-state index contributed by atoms with van der Waals surface area (Å²) in [5.41, 5.74) is 2.36. The zero-order chi connectivity index (χ0) is 20.3. The van der Waals surface area contributed by atoms with E-state index in [2.05, 4.69) is 41.4 Å². The van der Waals surface area contributed by atoms with Crippen LogP contribution in [0.5, 0.6) is 11.6 Å². The van der Waals surface area contributed by atoms with Crippen LogP contribution in [0.4, 0.5) is 15.6 Å². The highest BCUT2D eigenvalue weighted by Gasteiger charge is 2.20. The lowest BCUT2D eigenvalue weighted by Gasteiger charge is -2.22. The van der Waals surface area contributed by atoms with E-state index in [0.29, 0.717) is 22.4 Å². The van der Waals surface area contributed by atoms with Crippen molar-refractivity contribution in [1.82, 2.24) is 9.97 Å². The number of amides is 2. The normalized spacial score (nSPS) is 11.2. The summed E-state index contributed by atoms with van der Waals surface area (Å²) in [6.45, 7) is 10.2. The van der Waals surface area contributed by atoms with Crippen LogP contribution in [0.15, 0.2) is 42.6 Å². The first kappa shape index (κ1) is 19.8. The maximum absolute atomic E-state index is 12.4. The predicted octanol–water partition coefficient (Wildman–Crippen LogP) is 5.89. The average Bonchev–Trinajstić information content (AvgIpc) is 2.93. The number of nitrogens with zero attached hydrogens (tertiary/aromatic N) is 2. The number of carbonyl (C=O) groups is 1. The van der Waals surface area contributed by atoms with Crippen molar-refractivity contribution in [2.45, 2.75) is 40.0 Å². The fourth-order valence-electron chi connectivity index (χ4n) is 2.62. The molecule has 1 aromatic carbocycles.